The zero-order valence-electron chi connectivity index (χ0n) is 20.9. The predicted molar refractivity (Wildman–Crippen MR) is 153 cm³/mol. The van der Waals surface area contributed by atoms with E-state index in [1.54, 1.807) is 0 Å². The molecule has 0 unspecified atom stereocenters. The molecular weight excluding hydrogens is 436 g/mol. The zero-order valence-corrected chi connectivity index (χ0v) is 20.9. The van der Waals surface area contributed by atoms with Crippen LogP contribution in [0.5, 0.6) is 0 Å². The maximum atomic E-state index is 2.44. The van der Waals surface area contributed by atoms with Crippen molar-refractivity contribution in [3.8, 4) is 11.1 Å². The van der Waals surface area contributed by atoms with Gasteiger partial charge in [-0.05, 0) is 76.9 Å². The molecule has 1 heterocycles. The lowest BCUT2D eigenvalue weighted by atomic mass is 9.82. The molecule has 2 nitrogen and oxygen atoms in total. The summed E-state index contributed by atoms with van der Waals surface area (Å²) in [6.45, 7) is 4.74. The van der Waals surface area contributed by atoms with Crippen LogP contribution in [0.3, 0.4) is 0 Å². The third-order valence-electron chi connectivity index (χ3n) is 7.98. The summed E-state index contributed by atoms with van der Waals surface area (Å²) in [6.07, 6.45) is 0. The Balaban J connectivity index is 1.44. The Morgan fingerprint density at radius 3 is 1.83 bits per heavy atom. The Hall–Kier alpha value is -4.30. The highest BCUT2D eigenvalue weighted by molar-refractivity contribution is 6.10. The first kappa shape index (κ1) is 21.0. The van der Waals surface area contributed by atoms with Crippen molar-refractivity contribution in [3.63, 3.8) is 0 Å². The monoisotopic (exact) mass is 464 g/mol. The molecule has 5 aromatic carbocycles. The minimum atomic E-state index is -0.0924. The van der Waals surface area contributed by atoms with Crippen LogP contribution in [0, 0.1) is 0 Å². The van der Waals surface area contributed by atoms with E-state index < -0.39 is 0 Å². The molecule has 1 aliphatic rings. The van der Waals surface area contributed by atoms with Crippen molar-refractivity contribution in [3.05, 3.63) is 126 Å². The number of fused-ring (bicyclic) bond motifs is 6. The second kappa shape index (κ2) is 7.60. The van der Waals surface area contributed by atoms with Gasteiger partial charge in [0.15, 0.2) is 0 Å². The van der Waals surface area contributed by atoms with Gasteiger partial charge in [0.05, 0.1) is 0 Å². The molecular formula is C34H28N2. The topological polar surface area (TPSA) is 8.17 Å². The molecule has 174 valence electrons. The van der Waals surface area contributed by atoms with E-state index in [-0.39, 0.29) is 5.41 Å². The molecule has 36 heavy (non-hydrogen) atoms. The Labute approximate surface area is 212 Å². The fourth-order valence-corrected chi connectivity index (χ4v) is 6.11. The number of hydrogen-bond donors (Lipinski definition) is 0. The van der Waals surface area contributed by atoms with Gasteiger partial charge in [0.2, 0.25) is 0 Å². The van der Waals surface area contributed by atoms with Gasteiger partial charge in [-0.25, -0.2) is 0 Å². The molecule has 0 amide bonds. The fourth-order valence-electron chi connectivity index (χ4n) is 6.11. The summed E-state index contributed by atoms with van der Waals surface area (Å²) in [5, 5.41) is 2.66. The lowest BCUT2D eigenvalue weighted by Gasteiger charge is -2.28. The van der Waals surface area contributed by atoms with Gasteiger partial charge < -0.3 is 9.47 Å². The van der Waals surface area contributed by atoms with Crippen molar-refractivity contribution in [2.75, 3.05) is 4.90 Å². The maximum Gasteiger partial charge on any atom is 0.0495 e. The summed E-state index contributed by atoms with van der Waals surface area (Å²) in [5.74, 6) is 0. The Kier molecular flexibility index (Phi) is 4.44. The van der Waals surface area contributed by atoms with Gasteiger partial charge in [0.25, 0.3) is 0 Å². The molecule has 1 aliphatic carbocycles. The SMILES string of the molecule is Cn1c2ccccc2c2cc3c(cc21)-c1ccc(N(c2ccccc2)c2ccccc2)cc1C3(C)C. The van der Waals surface area contributed by atoms with E-state index in [2.05, 4.69) is 146 Å². The van der Waals surface area contributed by atoms with E-state index in [1.165, 1.54) is 49.7 Å². The van der Waals surface area contributed by atoms with Crippen LogP contribution in [0.2, 0.25) is 0 Å². The smallest absolute Gasteiger partial charge is 0.0495 e. The van der Waals surface area contributed by atoms with Crippen LogP contribution in [0.4, 0.5) is 17.1 Å². The number of benzene rings is 5. The molecule has 1 aromatic heterocycles. The first-order valence-corrected chi connectivity index (χ1v) is 12.6. The first-order valence-electron chi connectivity index (χ1n) is 12.6. The Bertz CT molecular complexity index is 1720. The summed E-state index contributed by atoms with van der Waals surface area (Å²) >= 11 is 0. The summed E-state index contributed by atoms with van der Waals surface area (Å²) in [6, 6.07) is 41.9. The summed E-state index contributed by atoms with van der Waals surface area (Å²) in [4.78, 5) is 2.35. The fraction of sp³-hybridized carbons (Fsp3) is 0.118. The molecule has 0 spiro atoms. The van der Waals surface area contributed by atoms with E-state index in [0.29, 0.717) is 0 Å². The Morgan fingerprint density at radius 1 is 0.528 bits per heavy atom. The lowest BCUT2D eigenvalue weighted by molar-refractivity contribution is 0.661. The van der Waals surface area contributed by atoms with Crippen LogP contribution in [0.1, 0.15) is 25.0 Å². The van der Waals surface area contributed by atoms with Crippen molar-refractivity contribution in [2.45, 2.75) is 19.3 Å². The highest BCUT2D eigenvalue weighted by Crippen LogP contribution is 2.52. The van der Waals surface area contributed by atoms with E-state index in [9.17, 15) is 0 Å². The molecule has 7 rings (SSSR count). The van der Waals surface area contributed by atoms with E-state index in [4.69, 9.17) is 0 Å². The van der Waals surface area contributed by atoms with E-state index in [0.717, 1.165) is 11.4 Å². The molecule has 0 bridgehead atoms. The summed E-state index contributed by atoms with van der Waals surface area (Å²) in [7, 11) is 2.18. The maximum absolute atomic E-state index is 2.44. The predicted octanol–water partition coefficient (Wildman–Crippen LogP) is 9.11. The number of aryl methyl sites for hydroxylation is 1. The average molecular weight is 465 g/mol. The standard InChI is InChI=1S/C34H28N2/c1-34(2)30-20-25(36(23-12-6-4-7-13-23)24-14-8-5-9-15-24)18-19-26(30)28-22-33-29(21-31(28)34)27-16-10-11-17-32(27)35(33)3/h4-22H,1-3H3. The molecule has 6 aromatic rings. The van der Waals surface area contributed by atoms with Crippen molar-refractivity contribution in [1.29, 1.82) is 0 Å². The van der Waals surface area contributed by atoms with Gasteiger partial charge in [-0.1, -0.05) is 74.5 Å². The van der Waals surface area contributed by atoms with E-state index >= 15 is 0 Å². The summed E-state index contributed by atoms with van der Waals surface area (Å²) in [5.41, 5.74) is 11.5. The van der Waals surface area contributed by atoms with Crippen LogP contribution >= 0.6 is 0 Å². The van der Waals surface area contributed by atoms with E-state index in [1.807, 2.05) is 0 Å². The Morgan fingerprint density at radius 2 is 1.14 bits per heavy atom. The zero-order chi connectivity index (χ0) is 24.4. The van der Waals surface area contributed by atoms with Gasteiger partial charge in [-0.15, -0.1) is 0 Å². The van der Waals surface area contributed by atoms with Crippen molar-refractivity contribution < 1.29 is 0 Å². The molecule has 0 aliphatic heterocycles. The van der Waals surface area contributed by atoms with Crippen LogP contribution in [-0.4, -0.2) is 4.57 Å². The van der Waals surface area contributed by atoms with Crippen LogP contribution < -0.4 is 4.90 Å². The van der Waals surface area contributed by atoms with Crippen molar-refractivity contribution in [1.82, 2.24) is 4.57 Å². The molecule has 0 saturated heterocycles. The molecule has 0 saturated carbocycles. The number of para-hydroxylation sites is 3. The van der Waals surface area contributed by atoms with Crippen LogP contribution in [-0.2, 0) is 12.5 Å². The van der Waals surface area contributed by atoms with Crippen molar-refractivity contribution >= 4 is 38.9 Å². The van der Waals surface area contributed by atoms with Crippen LogP contribution in [0.25, 0.3) is 32.9 Å². The normalized spacial score (nSPS) is 13.6. The first-order chi connectivity index (χ1) is 17.5. The lowest BCUT2D eigenvalue weighted by Crippen LogP contribution is -2.16. The average Bonchev–Trinajstić information content (AvgIpc) is 3.32. The molecule has 2 heteroatoms. The minimum Gasteiger partial charge on any atom is -0.344 e. The largest absolute Gasteiger partial charge is 0.344 e. The van der Waals surface area contributed by atoms with Gasteiger partial charge in [-0.3, -0.25) is 0 Å². The molecule has 0 fully saturated rings. The second-order valence-electron chi connectivity index (χ2n) is 10.4. The number of rotatable bonds is 3. The third kappa shape index (κ3) is 2.91. The summed E-state index contributed by atoms with van der Waals surface area (Å²) < 4.78 is 2.33. The van der Waals surface area contributed by atoms with Crippen molar-refractivity contribution in [2.24, 2.45) is 7.05 Å². The van der Waals surface area contributed by atoms with Gasteiger partial charge in [-0.2, -0.15) is 0 Å². The number of anilines is 3. The van der Waals surface area contributed by atoms with Gasteiger partial charge >= 0.3 is 0 Å². The van der Waals surface area contributed by atoms with Gasteiger partial charge in [0, 0.05) is 51.3 Å². The quantitative estimate of drug-likeness (QED) is 0.253. The molecule has 0 atom stereocenters. The van der Waals surface area contributed by atoms with Crippen LogP contribution in [0.15, 0.2) is 115 Å². The molecule has 0 N–H and O–H groups in total. The highest BCUT2D eigenvalue weighted by atomic mass is 15.1. The second-order valence-corrected chi connectivity index (χ2v) is 10.4. The number of aromatic nitrogens is 1. The number of nitrogens with zero attached hydrogens (tertiary/aromatic N) is 2. The highest BCUT2D eigenvalue weighted by Gasteiger charge is 2.37. The molecule has 0 radical (unpaired) electrons. The third-order valence-corrected chi connectivity index (χ3v) is 7.98. The minimum absolute atomic E-state index is 0.0924. The number of hydrogen-bond acceptors (Lipinski definition) is 1. The van der Waals surface area contributed by atoms with Gasteiger partial charge in [0.1, 0.15) is 0 Å².